The van der Waals surface area contributed by atoms with Crippen molar-refractivity contribution in [1.82, 2.24) is 9.62 Å². The van der Waals surface area contributed by atoms with E-state index in [9.17, 15) is 8.42 Å². The molecule has 6 heteroatoms. The van der Waals surface area contributed by atoms with Crippen molar-refractivity contribution in [2.45, 2.75) is 11.8 Å². The predicted molar refractivity (Wildman–Crippen MR) is 72.6 cm³/mol. The van der Waals surface area contributed by atoms with Crippen LogP contribution < -0.4 is 4.72 Å². The summed E-state index contributed by atoms with van der Waals surface area (Å²) in [5, 5.41) is 0. The van der Waals surface area contributed by atoms with Gasteiger partial charge in [-0.1, -0.05) is 6.07 Å². The Morgan fingerprint density at radius 3 is 2.53 bits per heavy atom. The highest BCUT2D eigenvalue weighted by molar-refractivity contribution is 9.10. The van der Waals surface area contributed by atoms with Gasteiger partial charge in [0.1, 0.15) is 0 Å². The lowest BCUT2D eigenvalue weighted by Crippen LogP contribution is -2.31. The van der Waals surface area contributed by atoms with E-state index in [0.717, 1.165) is 5.56 Å². The van der Waals surface area contributed by atoms with E-state index in [1.54, 1.807) is 18.2 Å². The van der Waals surface area contributed by atoms with Crippen LogP contribution in [0.25, 0.3) is 0 Å². The number of halogens is 1. The number of nitrogens with zero attached hydrogens (tertiary/aromatic N) is 1. The van der Waals surface area contributed by atoms with Gasteiger partial charge in [0.05, 0.1) is 4.90 Å². The number of aryl methyl sites for hydroxylation is 1. The van der Waals surface area contributed by atoms with Gasteiger partial charge in [0.15, 0.2) is 0 Å². The van der Waals surface area contributed by atoms with Crippen LogP contribution in [-0.4, -0.2) is 40.5 Å². The van der Waals surface area contributed by atoms with Gasteiger partial charge in [-0.25, -0.2) is 13.1 Å². The topological polar surface area (TPSA) is 49.4 Å². The minimum Gasteiger partial charge on any atom is -0.308 e. The molecule has 0 atom stereocenters. The molecular weight excluding hydrogens is 304 g/mol. The van der Waals surface area contributed by atoms with Crippen molar-refractivity contribution in [3.05, 3.63) is 28.2 Å². The summed E-state index contributed by atoms with van der Waals surface area (Å²) in [6.07, 6.45) is 0. The molecule has 0 fully saturated rings. The lowest BCUT2D eigenvalue weighted by Gasteiger charge is -2.12. The highest BCUT2D eigenvalue weighted by atomic mass is 79.9. The monoisotopic (exact) mass is 320 g/mol. The number of nitrogens with one attached hydrogen (secondary N) is 1. The zero-order valence-corrected chi connectivity index (χ0v) is 12.6. The Morgan fingerprint density at radius 1 is 1.35 bits per heavy atom. The summed E-state index contributed by atoms with van der Waals surface area (Å²) in [5.41, 5.74) is 1.02. The Kier molecular flexibility index (Phi) is 5.12. The molecule has 0 aliphatic carbocycles. The maximum absolute atomic E-state index is 12.0. The third-order valence-corrected chi connectivity index (χ3v) is 4.67. The van der Waals surface area contributed by atoms with Crippen molar-refractivity contribution in [3.8, 4) is 0 Å². The molecule has 1 aromatic rings. The quantitative estimate of drug-likeness (QED) is 0.896. The molecule has 0 amide bonds. The van der Waals surface area contributed by atoms with Crippen LogP contribution >= 0.6 is 15.9 Å². The third-order valence-electron chi connectivity index (χ3n) is 2.23. The number of hydrogen-bond donors (Lipinski definition) is 1. The average Bonchev–Trinajstić information content (AvgIpc) is 2.15. The van der Waals surface area contributed by atoms with Crippen molar-refractivity contribution in [3.63, 3.8) is 0 Å². The summed E-state index contributed by atoms with van der Waals surface area (Å²) in [4.78, 5) is 2.20. The maximum Gasteiger partial charge on any atom is 0.241 e. The lowest BCUT2D eigenvalue weighted by atomic mass is 10.2. The van der Waals surface area contributed by atoms with E-state index in [1.165, 1.54) is 0 Å². The van der Waals surface area contributed by atoms with Crippen molar-refractivity contribution in [2.75, 3.05) is 27.2 Å². The van der Waals surface area contributed by atoms with Gasteiger partial charge in [0.25, 0.3) is 0 Å². The third kappa shape index (κ3) is 4.39. The minimum absolute atomic E-state index is 0.279. The molecule has 0 aliphatic rings. The number of likely N-dealkylation sites (N-methyl/N-ethyl adjacent to an activating group) is 1. The molecule has 0 unspecified atom stereocenters. The smallest absolute Gasteiger partial charge is 0.241 e. The summed E-state index contributed by atoms with van der Waals surface area (Å²) < 4.78 is 27.1. The molecule has 0 aliphatic heterocycles. The molecule has 0 saturated heterocycles. The Morgan fingerprint density at radius 2 is 2.00 bits per heavy atom. The molecule has 4 nitrogen and oxygen atoms in total. The summed E-state index contributed by atoms with van der Waals surface area (Å²) in [6, 6.07) is 5.18. The van der Waals surface area contributed by atoms with Crippen LogP contribution in [0.4, 0.5) is 0 Å². The highest BCUT2D eigenvalue weighted by Gasteiger charge is 2.16. The molecule has 1 N–H and O–H groups in total. The summed E-state index contributed by atoms with van der Waals surface area (Å²) in [7, 11) is 0.371. The van der Waals surface area contributed by atoms with E-state index in [0.29, 0.717) is 17.6 Å². The van der Waals surface area contributed by atoms with Crippen molar-refractivity contribution < 1.29 is 8.42 Å². The SMILES string of the molecule is Cc1ccc(S(=O)(=O)NCCN(C)C)c(Br)c1. The Hall–Kier alpha value is -0.430. The molecule has 1 aromatic carbocycles. The summed E-state index contributed by atoms with van der Waals surface area (Å²) in [6.45, 7) is 2.99. The number of rotatable bonds is 5. The van der Waals surface area contributed by atoms with Gasteiger partial charge in [-0.3, -0.25) is 0 Å². The van der Waals surface area contributed by atoms with Gasteiger partial charge < -0.3 is 4.90 Å². The van der Waals surface area contributed by atoms with Crippen LogP contribution in [0, 0.1) is 6.92 Å². The molecule has 96 valence electrons. The first-order valence-electron chi connectivity index (χ1n) is 5.23. The number of hydrogen-bond acceptors (Lipinski definition) is 3. The molecule has 0 saturated carbocycles. The Bertz CT molecular complexity index is 486. The van der Waals surface area contributed by atoms with Crippen molar-refractivity contribution in [1.29, 1.82) is 0 Å². The molecule has 17 heavy (non-hydrogen) atoms. The van der Waals surface area contributed by atoms with E-state index < -0.39 is 10.0 Å². The summed E-state index contributed by atoms with van der Waals surface area (Å²) in [5.74, 6) is 0. The molecular formula is C11H17BrN2O2S. The van der Waals surface area contributed by atoms with Crippen LogP contribution in [-0.2, 0) is 10.0 Å². The fourth-order valence-electron chi connectivity index (χ4n) is 1.31. The second kappa shape index (κ2) is 5.95. The normalized spacial score (nSPS) is 12.1. The van der Waals surface area contributed by atoms with Gasteiger partial charge in [-0.2, -0.15) is 0 Å². The van der Waals surface area contributed by atoms with Gasteiger partial charge in [-0.15, -0.1) is 0 Å². The number of sulfonamides is 1. The van der Waals surface area contributed by atoms with Gasteiger partial charge in [0, 0.05) is 17.6 Å². The fourth-order valence-corrected chi connectivity index (χ4v) is 3.52. The zero-order valence-electron chi connectivity index (χ0n) is 10.2. The van der Waals surface area contributed by atoms with E-state index >= 15 is 0 Å². The summed E-state index contributed by atoms with van der Waals surface area (Å²) >= 11 is 3.27. The first-order chi connectivity index (χ1) is 7.83. The second-order valence-corrected chi connectivity index (χ2v) is 6.72. The van der Waals surface area contributed by atoms with Crippen molar-refractivity contribution in [2.24, 2.45) is 0 Å². The Balaban J connectivity index is 2.83. The maximum atomic E-state index is 12.0. The highest BCUT2D eigenvalue weighted by Crippen LogP contribution is 2.22. The first kappa shape index (κ1) is 14.6. The van der Waals surface area contributed by atoms with Gasteiger partial charge >= 0.3 is 0 Å². The molecule has 0 radical (unpaired) electrons. The van der Waals surface area contributed by atoms with Crippen LogP contribution in [0.2, 0.25) is 0 Å². The molecule has 0 aromatic heterocycles. The standard InChI is InChI=1S/C11H17BrN2O2S/c1-9-4-5-11(10(12)8-9)17(15,16)13-6-7-14(2)3/h4-5,8,13H,6-7H2,1-3H3. The van der Waals surface area contributed by atoms with Gasteiger partial charge in [0.2, 0.25) is 10.0 Å². The zero-order chi connectivity index (χ0) is 13.1. The molecule has 0 spiro atoms. The minimum atomic E-state index is -3.43. The predicted octanol–water partition coefficient (Wildman–Crippen LogP) is 1.60. The van der Waals surface area contributed by atoms with E-state index in [1.807, 2.05) is 25.9 Å². The van der Waals surface area contributed by atoms with Crippen LogP contribution in [0.15, 0.2) is 27.6 Å². The second-order valence-electron chi connectivity index (χ2n) is 4.13. The first-order valence-corrected chi connectivity index (χ1v) is 7.51. The van der Waals surface area contributed by atoms with Crippen LogP contribution in [0.1, 0.15) is 5.56 Å². The van der Waals surface area contributed by atoms with E-state index in [-0.39, 0.29) is 4.90 Å². The number of benzene rings is 1. The lowest BCUT2D eigenvalue weighted by molar-refractivity contribution is 0.412. The van der Waals surface area contributed by atoms with Gasteiger partial charge in [-0.05, 0) is 54.6 Å². The van der Waals surface area contributed by atoms with Crippen LogP contribution in [0.5, 0.6) is 0 Å². The fraction of sp³-hybridized carbons (Fsp3) is 0.455. The average molecular weight is 321 g/mol. The largest absolute Gasteiger partial charge is 0.308 e. The van der Waals surface area contributed by atoms with Crippen molar-refractivity contribution >= 4 is 26.0 Å². The van der Waals surface area contributed by atoms with E-state index in [2.05, 4.69) is 20.7 Å². The molecule has 0 heterocycles. The Labute approximate surface area is 111 Å². The van der Waals surface area contributed by atoms with Crippen LogP contribution in [0.3, 0.4) is 0 Å². The van der Waals surface area contributed by atoms with E-state index in [4.69, 9.17) is 0 Å². The molecule has 1 rings (SSSR count). The molecule has 0 bridgehead atoms.